The quantitative estimate of drug-likeness (QED) is 0.768. The lowest BCUT2D eigenvalue weighted by Crippen LogP contribution is -2.45. The summed E-state index contributed by atoms with van der Waals surface area (Å²) in [4.78, 5) is 2.41. The fourth-order valence-corrected chi connectivity index (χ4v) is 2.30. The van der Waals surface area contributed by atoms with E-state index in [2.05, 4.69) is 25.7 Å². The summed E-state index contributed by atoms with van der Waals surface area (Å²) in [5, 5.41) is 9.31. The number of aliphatic hydroxyl groups excluding tert-OH is 1. The molecule has 1 saturated heterocycles. The first kappa shape index (κ1) is 13.9. The fourth-order valence-electron chi connectivity index (χ4n) is 2.30. The molecule has 1 aliphatic heterocycles. The van der Waals surface area contributed by atoms with Crippen LogP contribution in [0.2, 0.25) is 0 Å². The Kier molecular flexibility index (Phi) is 5.22. The smallest absolute Gasteiger partial charge is 0.0586 e. The van der Waals surface area contributed by atoms with E-state index in [1.54, 1.807) is 0 Å². The van der Waals surface area contributed by atoms with E-state index in [9.17, 15) is 5.11 Å². The van der Waals surface area contributed by atoms with Crippen molar-refractivity contribution in [3.05, 3.63) is 0 Å². The van der Waals surface area contributed by atoms with Crippen molar-refractivity contribution in [1.82, 2.24) is 4.90 Å². The number of likely N-dealkylation sites (tertiary alicyclic amines) is 1. The zero-order valence-electron chi connectivity index (χ0n) is 11.1. The van der Waals surface area contributed by atoms with Gasteiger partial charge >= 0.3 is 0 Å². The Morgan fingerprint density at radius 3 is 2.62 bits per heavy atom. The van der Waals surface area contributed by atoms with Crippen LogP contribution in [-0.4, -0.2) is 41.8 Å². The van der Waals surface area contributed by atoms with Gasteiger partial charge in [-0.25, -0.2) is 0 Å². The Balaban J connectivity index is 2.35. The molecule has 2 atom stereocenters. The van der Waals surface area contributed by atoms with Crippen molar-refractivity contribution >= 4 is 0 Å². The zero-order valence-corrected chi connectivity index (χ0v) is 11.1. The van der Waals surface area contributed by atoms with Crippen molar-refractivity contribution in [3.63, 3.8) is 0 Å². The number of piperidine rings is 1. The van der Waals surface area contributed by atoms with E-state index in [0.717, 1.165) is 25.9 Å². The normalized spacial score (nSPS) is 25.7. The average molecular weight is 228 g/mol. The number of hydrogen-bond donors (Lipinski definition) is 2. The first-order valence-corrected chi connectivity index (χ1v) is 6.55. The Morgan fingerprint density at radius 2 is 2.06 bits per heavy atom. The van der Waals surface area contributed by atoms with Gasteiger partial charge in [-0.3, -0.25) is 4.90 Å². The van der Waals surface area contributed by atoms with Gasteiger partial charge in [0.1, 0.15) is 0 Å². The summed E-state index contributed by atoms with van der Waals surface area (Å²) >= 11 is 0. The maximum atomic E-state index is 9.31. The molecule has 0 aromatic heterocycles. The van der Waals surface area contributed by atoms with Crippen molar-refractivity contribution < 1.29 is 5.11 Å². The maximum absolute atomic E-state index is 9.31. The third kappa shape index (κ3) is 4.04. The number of nitrogens with two attached hydrogens (primary N) is 1. The summed E-state index contributed by atoms with van der Waals surface area (Å²) in [6.07, 6.45) is 4.69. The van der Waals surface area contributed by atoms with Crippen LogP contribution in [0.4, 0.5) is 0 Å². The second-order valence-corrected chi connectivity index (χ2v) is 6.13. The van der Waals surface area contributed by atoms with Crippen LogP contribution in [0.1, 0.15) is 46.5 Å². The highest BCUT2D eigenvalue weighted by Gasteiger charge is 2.25. The Labute approximate surface area is 100 Å². The third-order valence-corrected chi connectivity index (χ3v) is 3.80. The number of rotatable bonds is 4. The molecule has 0 spiro atoms. The van der Waals surface area contributed by atoms with Gasteiger partial charge in [-0.1, -0.05) is 27.2 Å². The Morgan fingerprint density at radius 1 is 1.38 bits per heavy atom. The van der Waals surface area contributed by atoms with Gasteiger partial charge < -0.3 is 10.8 Å². The average Bonchev–Trinajstić information content (AvgIpc) is 2.24. The van der Waals surface area contributed by atoms with E-state index in [4.69, 9.17) is 5.73 Å². The lowest BCUT2D eigenvalue weighted by molar-refractivity contribution is 0.0836. The highest BCUT2D eigenvalue weighted by atomic mass is 16.3. The number of hydrogen-bond acceptors (Lipinski definition) is 3. The number of nitrogens with zero attached hydrogens (tertiary/aromatic N) is 1. The maximum Gasteiger partial charge on any atom is 0.0586 e. The molecule has 0 amide bonds. The Hall–Kier alpha value is -0.120. The Bertz CT molecular complexity index is 201. The van der Waals surface area contributed by atoms with E-state index in [-0.39, 0.29) is 11.5 Å². The van der Waals surface area contributed by atoms with Gasteiger partial charge in [0.15, 0.2) is 0 Å². The predicted octanol–water partition coefficient (Wildman–Crippen LogP) is 1.60. The highest BCUT2D eigenvalue weighted by Crippen LogP contribution is 2.22. The van der Waals surface area contributed by atoms with Gasteiger partial charge in [0, 0.05) is 18.6 Å². The molecule has 2 unspecified atom stereocenters. The highest BCUT2D eigenvalue weighted by molar-refractivity contribution is 4.81. The van der Waals surface area contributed by atoms with Crippen LogP contribution >= 0.6 is 0 Å². The summed E-state index contributed by atoms with van der Waals surface area (Å²) in [6.45, 7) is 9.03. The van der Waals surface area contributed by atoms with Crippen LogP contribution in [0.5, 0.6) is 0 Å². The third-order valence-electron chi connectivity index (χ3n) is 3.80. The van der Waals surface area contributed by atoms with Gasteiger partial charge in [0.05, 0.1) is 6.61 Å². The topological polar surface area (TPSA) is 49.5 Å². The molecule has 1 heterocycles. The summed E-state index contributed by atoms with van der Waals surface area (Å²) in [6, 6.07) is 0.620. The van der Waals surface area contributed by atoms with Crippen LogP contribution in [0.25, 0.3) is 0 Å². The van der Waals surface area contributed by atoms with Crippen molar-refractivity contribution in [1.29, 1.82) is 0 Å². The lowest BCUT2D eigenvalue weighted by Gasteiger charge is -2.36. The molecule has 1 fully saturated rings. The van der Waals surface area contributed by atoms with Crippen molar-refractivity contribution in [2.45, 2.75) is 58.5 Å². The van der Waals surface area contributed by atoms with Gasteiger partial charge in [0.25, 0.3) is 0 Å². The second kappa shape index (κ2) is 5.99. The molecule has 0 aromatic carbocycles. The van der Waals surface area contributed by atoms with E-state index in [1.165, 1.54) is 12.8 Å². The van der Waals surface area contributed by atoms with E-state index >= 15 is 0 Å². The van der Waals surface area contributed by atoms with E-state index in [1.807, 2.05) is 0 Å². The molecule has 96 valence electrons. The molecule has 3 N–H and O–H groups in total. The molecule has 1 aliphatic rings. The molecular formula is C13H28N2O. The molecular weight excluding hydrogens is 200 g/mol. The van der Waals surface area contributed by atoms with Crippen LogP contribution < -0.4 is 5.73 Å². The predicted molar refractivity (Wildman–Crippen MR) is 68.3 cm³/mol. The summed E-state index contributed by atoms with van der Waals surface area (Å²) < 4.78 is 0. The van der Waals surface area contributed by atoms with Gasteiger partial charge in [0.2, 0.25) is 0 Å². The van der Waals surface area contributed by atoms with E-state index in [0.29, 0.717) is 12.6 Å². The van der Waals surface area contributed by atoms with Crippen LogP contribution in [0.15, 0.2) is 0 Å². The molecule has 3 nitrogen and oxygen atoms in total. The van der Waals surface area contributed by atoms with Crippen LogP contribution in [0, 0.1) is 5.41 Å². The van der Waals surface area contributed by atoms with Crippen LogP contribution in [-0.2, 0) is 0 Å². The van der Waals surface area contributed by atoms with Gasteiger partial charge in [-0.2, -0.15) is 0 Å². The minimum absolute atomic E-state index is 0.185. The molecule has 0 radical (unpaired) electrons. The molecule has 1 rings (SSSR count). The van der Waals surface area contributed by atoms with Crippen molar-refractivity contribution in [2.75, 3.05) is 19.7 Å². The standard InChI is InChI=1S/C13H28N2O/c1-13(2,3)12(14)7-9-15-8-5-4-6-11(15)10-16/h11-12,16H,4-10,14H2,1-3H3. The minimum Gasteiger partial charge on any atom is -0.395 e. The van der Waals surface area contributed by atoms with Gasteiger partial charge in [-0.15, -0.1) is 0 Å². The molecule has 0 aliphatic carbocycles. The monoisotopic (exact) mass is 228 g/mol. The summed E-state index contributed by atoms with van der Waals surface area (Å²) in [5.41, 5.74) is 6.35. The molecule has 0 bridgehead atoms. The fraction of sp³-hybridized carbons (Fsp3) is 1.00. The summed E-state index contributed by atoms with van der Waals surface area (Å²) in [5.74, 6) is 0. The van der Waals surface area contributed by atoms with Crippen molar-refractivity contribution in [3.8, 4) is 0 Å². The first-order valence-electron chi connectivity index (χ1n) is 6.55. The SMILES string of the molecule is CC(C)(C)C(N)CCN1CCCCC1CO. The molecule has 0 aromatic rings. The summed E-state index contributed by atoms with van der Waals surface area (Å²) in [7, 11) is 0. The second-order valence-electron chi connectivity index (χ2n) is 6.13. The van der Waals surface area contributed by atoms with Crippen molar-refractivity contribution in [2.24, 2.45) is 11.1 Å². The number of aliphatic hydroxyl groups is 1. The molecule has 3 heteroatoms. The zero-order chi connectivity index (χ0) is 12.2. The molecule has 0 saturated carbocycles. The van der Waals surface area contributed by atoms with Gasteiger partial charge in [-0.05, 0) is 31.2 Å². The largest absolute Gasteiger partial charge is 0.395 e. The lowest BCUT2D eigenvalue weighted by atomic mass is 9.85. The van der Waals surface area contributed by atoms with Crippen LogP contribution in [0.3, 0.4) is 0 Å². The molecule has 16 heavy (non-hydrogen) atoms. The minimum atomic E-state index is 0.185. The van der Waals surface area contributed by atoms with E-state index < -0.39 is 0 Å². The first-order chi connectivity index (χ1) is 7.45.